The first-order chi connectivity index (χ1) is 9.85. The van der Waals surface area contributed by atoms with E-state index in [4.69, 9.17) is 0 Å². The number of aryl methyl sites for hydroxylation is 1. The number of hydrogen-bond donors (Lipinski definition) is 1. The van der Waals surface area contributed by atoms with Crippen LogP contribution in [0.4, 0.5) is 8.78 Å². The van der Waals surface area contributed by atoms with Crippen molar-refractivity contribution in [2.24, 2.45) is 0 Å². The van der Waals surface area contributed by atoms with Gasteiger partial charge in [-0.15, -0.1) is 0 Å². The number of hydrogen-bond acceptors (Lipinski definition) is 2. The third kappa shape index (κ3) is 2.97. The van der Waals surface area contributed by atoms with E-state index in [1.54, 1.807) is 4.90 Å². The number of amides is 1. The van der Waals surface area contributed by atoms with Crippen molar-refractivity contribution in [2.75, 3.05) is 13.1 Å². The summed E-state index contributed by atoms with van der Waals surface area (Å²) in [6.45, 7) is 2.71. The molecule has 2 aliphatic rings. The van der Waals surface area contributed by atoms with Gasteiger partial charge in [0.25, 0.3) is 5.92 Å². The van der Waals surface area contributed by atoms with Crippen LogP contribution in [0.25, 0.3) is 0 Å². The molecule has 0 radical (unpaired) electrons. The van der Waals surface area contributed by atoms with Crippen molar-refractivity contribution in [3.63, 3.8) is 0 Å². The maximum absolute atomic E-state index is 13.2. The molecule has 2 aliphatic heterocycles. The van der Waals surface area contributed by atoms with E-state index >= 15 is 0 Å². The van der Waals surface area contributed by atoms with Crippen LogP contribution in [0.3, 0.4) is 0 Å². The fourth-order valence-corrected chi connectivity index (χ4v) is 3.74. The molecule has 0 aliphatic carbocycles. The molecule has 1 aromatic rings. The molecule has 2 heterocycles. The average Bonchev–Trinajstić information content (AvgIpc) is 2.78. The molecule has 1 saturated heterocycles. The minimum absolute atomic E-state index is 0.208. The van der Waals surface area contributed by atoms with E-state index < -0.39 is 24.9 Å². The minimum atomic E-state index is -2.77. The Hall–Kier alpha value is -1.01. The summed E-state index contributed by atoms with van der Waals surface area (Å²) in [4.78, 5) is 14.1. The number of fused-ring (bicyclic) bond motifs is 1. The van der Waals surface area contributed by atoms with Crippen LogP contribution in [0.2, 0.25) is 0 Å². The summed E-state index contributed by atoms with van der Waals surface area (Å²) in [6.07, 6.45) is 0.374. The van der Waals surface area contributed by atoms with Gasteiger partial charge in [-0.25, -0.2) is 8.78 Å². The smallest absolute Gasteiger partial charge is 0.262 e. The zero-order valence-corrected chi connectivity index (χ0v) is 13.3. The van der Waals surface area contributed by atoms with Crippen LogP contribution in [0.5, 0.6) is 0 Å². The summed E-state index contributed by atoms with van der Waals surface area (Å²) in [5, 5.41) is 2.64. The van der Waals surface area contributed by atoms with Gasteiger partial charge in [-0.2, -0.15) is 0 Å². The first-order valence-corrected chi connectivity index (χ1v) is 7.83. The first-order valence-electron chi connectivity index (χ1n) is 7.04. The predicted molar refractivity (Wildman–Crippen MR) is 79.4 cm³/mol. The molecular formula is C15H17BrF2N2O. The largest absolute Gasteiger partial charge is 0.337 e. The number of carbonyl (C=O) groups is 1. The molecule has 6 heteroatoms. The molecule has 21 heavy (non-hydrogen) atoms. The van der Waals surface area contributed by atoms with E-state index in [2.05, 4.69) is 27.3 Å². The first kappa shape index (κ1) is 14.9. The molecule has 0 aromatic heterocycles. The quantitative estimate of drug-likeness (QED) is 0.836. The van der Waals surface area contributed by atoms with Gasteiger partial charge in [0.1, 0.15) is 0 Å². The molecule has 114 valence electrons. The summed E-state index contributed by atoms with van der Waals surface area (Å²) in [5.41, 5.74) is 3.50. The normalized spacial score (nSPS) is 24.0. The van der Waals surface area contributed by atoms with Crippen molar-refractivity contribution in [3.8, 4) is 0 Å². The Morgan fingerprint density at radius 2 is 2.24 bits per heavy atom. The lowest BCUT2D eigenvalue weighted by molar-refractivity contribution is -0.134. The van der Waals surface area contributed by atoms with Gasteiger partial charge in [-0.3, -0.25) is 10.1 Å². The Kier molecular flexibility index (Phi) is 3.78. The molecular weight excluding hydrogens is 342 g/mol. The fourth-order valence-electron chi connectivity index (χ4n) is 3.12. The number of benzene rings is 1. The zero-order chi connectivity index (χ0) is 15.2. The second-order valence-corrected chi connectivity index (χ2v) is 6.78. The van der Waals surface area contributed by atoms with Gasteiger partial charge in [0.05, 0.1) is 12.6 Å². The summed E-state index contributed by atoms with van der Waals surface area (Å²) >= 11 is 3.48. The van der Waals surface area contributed by atoms with Crippen molar-refractivity contribution in [1.82, 2.24) is 10.2 Å². The SMILES string of the molecule is Cc1cc(Br)cc2c1CN(C(=O)C1CC(F)(F)CN1)CC2. The Bertz CT molecular complexity index is 591. The van der Waals surface area contributed by atoms with Crippen LogP contribution in [0, 0.1) is 6.92 Å². The predicted octanol–water partition coefficient (Wildman–Crippen LogP) is 2.64. The zero-order valence-electron chi connectivity index (χ0n) is 11.8. The van der Waals surface area contributed by atoms with Crippen molar-refractivity contribution >= 4 is 21.8 Å². The van der Waals surface area contributed by atoms with Crippen LogP contribution in [0.15, 0.2) is 16.6 Å². The molecule has 0 bridgehead atoms. The van der Waals surface area contributed by atoms with E-state index in [9.17, 15) is 13.6 Å². The van der Waals surface area contributed by atoms with Gasteiger partial charge in [-0.05, 0) is 42.2 Å². The summed E-state index contributed by atoms with van der Waals surface area (Å²) < 4.78 is 27.5. The van der Waals surface area contributed by atoms with Gasteiger partial charge in [0.2, 0.25) is 5.91 Å². The molecule has 0 spiro atoms. The molecule has 3 nitrogen and oxygen atoms in total. The van der Waals surface area contributed by atoms with E-state index in [0.717, 1.165) is 22.0 Å². The third-order valence-corrected chi connectivity index (χ3v) is 4.71. The van der Waals surface area contributed by atoms with Crippen LogP contribution >= 0.6 is 15.9 Å². The van der Waals surface area contributed by atoms with Crippen LogP contribution < -0.4 is 5.32 Å². The molecule has 1 unspecified atom stereocenters. The molecule has 0 saturated carbocycles. The van der Waals surface area contributed by atoms with E-state index in [1.807, 2.05) is 13.0 Å². The average molecular weight is 359 g/mol. The topological polar surface area (TPSA) is 32.3 Å². The third-order valence-electron chi connectivity index (χ3n) is 4.25. The lowest BCUT2D eigenvalue weighted by atomic mass is 9.95. The van der Waals surface area contributed by atoms with E-state index in [1.165, 1.54) is 5.56 Å². The number of halogens is 3. The maximum atomic E-state index is 13.2. The Morgan fingerprint density at radius 3 is 2.90 bits per heavy atom. The summed E-state index contributed by atoms with van der Waals surface area (Å²) in [5.74, 6) is -2.98. The molecule has 1 fully saturated rings. The standard InChI is InChI=1S/C15H17BrF2N2O/c1-9-4-11(16)5-10-2-3-20(7-12(9)10)14(21)13-6-15(17,18)8-19-13/h4-5,13,19H,2-3,6-8H2,1H3. The Morgan fingerprint density at radius 1 is 1.48 bits per heavy atom. The monoisotopic (exact) mass is 358 g/mol. The van der Waals surface area contributed by atoms with Gasteiger partial charge in [-0.1, -0.05) is 15.9 Å². The number of nitrogens with one attached hydrogen (secondary N) is 1. The molecule has 1 aromatic carbocycles. The molecule has 3 rings (SSSR count). The van der Waals surface area contributed by atoms with Crippen molar-refractivity contribution in [2.45, 2.75) is 38.3 Å². The number of rotatable bonds is 1. The molecule has 1 N–H and O–H groups in total. The number of nitrogens with zero attached hydrogens (tertiary/aromatic N) is 1. The van der Waals surface area contributed by atoms with Crippen LogP contribution in [-0.4, -0.2) is 35.9 Å². The summed E-state index contributed by atoms with van der Waals surface area (Å²) in [7, 11) is 0. The second-order valence-electron chi connectivity index (χ2n) is 5.86. The highest BCUT2D eigenvalue weighted by Gasteiger charge is 2.43. The molecule has 1 atom stereocenters. The maximum Gasteiger partial charge on any atom is 0.262 e. The number of alkyl halides is 2. The van der Waals surface area contributed by atoms with E-state index in [0.29, 0.717) is 13.1 Å². The number of carbonyl (C=O) groups excluding carboxylic acids is 1. The van der Waals surface area contributed by atoms with Crippen molar-refractivity contribution < 1.29 is 13.6 Å². The van der Waals surface area contributed by atoms with Gasteiger partial charge < -0.3 is 4.90 Å². The van der Waals surface area contributed by atoms with Gasteiger partial charge in [0, 0.05) is 24.0 Å². The van der Waals surface area contributed by atoms with Gasteiger partial charge in [0.15, 0.2) is 0 Å². The lowest BCUT2D eigenvalue weighted by Crippen LogP contribution is -2.45. The highest BCUT2D eigenvalue weighted by Crippen LogP contribution is 2.29. The van der Waals surface area contributed by atoms with Crippen LogP contribution in [0.1, 0.15) is 23.1 Å². The van der Waals surface area contributed by atoms with Crippen molar-refractivity contribution in [3.05, 3.63) is 33.3 Å². The highest BCUT2D eigenvalue weighted by molar-refractivity contribution is 9.10. The van der Waals surface area contributed by atoms with E-state index in [-0.39, 0.29) is 5.91 Å². The fraction of sp³-hybridized carbons (Fsp3) is 0.533. The Balaban J connectivity index is 1.76. The summed E-state index contributed by atoms with van der Waals surface area (Å²) in [6, 6.07) is 3.35. The van der Waals surface area contributed by atoms with Gasteiger partial charge >= 0.3 is 0 Å². The second kappa shape index (κ2) is 5.32. The molecule has 1 amide bonds. The minimum Gasteiger partial charge on any atom is -0.337 e. The lowest BCUT2D eigenvalue weighted by Gasteiger charge is -2.32. The van der Waals surface area contributed by atoms with Crippen LogP contribution in [-0.2, 0) is 17.8 Å². The Labute approximate surface area is 130 Å². The highest BCUT2D eigenvalue weighted by atomic mass is 79.9. The van der Waals surface area contributed by atoms with Crippen molar-refractivity contribution in [1.29, 1.82) is 0 Å².